The zero-order valence-electron chi connectivity index (χ0n) is 10.5. The number of benzene rings is 2. The maximum Gasteiger partial charge on any atom is 0.270 e. The highest BCUT2D eigenvalue weighted by Crippen LogP contribution is 2.23. The molecular weight excluding hydrogens is 276 g/mol. The van der Waals surface area contributed by atoms with E-state index in [1.165, 1.54) is 12.1 Å². The van der Waals surface area contributed by atoms with Gasteiger partial charge < -0.3 is 5.32 Å². The van der Waals surface area contributed by atoms with Crippen molar-refractivity contribution >= 4 is 23.0 Å². The van der Waals surface area contributed by atoms with Crippen LogP contribution in [0.3, 0.4) is 0 Å². The van der Waals surface area contributed by atoms with Crippen LogP contribution >= 0.6 is 11.6 Å². The van der Waals surface area contributed by atoms with Crippen LogP contribution < -0.4 is 5.32 Å². The smallest absolute Gasteiger partial charge is 0.270 e. The van der Waals surface area contributed by atoms with Crippen LogP contribution in [0.15, 0.2) is 42.5 Å². The van der Waals surface area contributed by atoms with Gasteiger partial charge in [0.25, 0.3) is 5.69 Å². The fourth-order valence-corrected chi connectivity index (χ4v) is 1.95. The number of hydrogen-bond donors (Lipinski definition) is 1. The number of nitrogens with one attached hydrogen (secondary N) is 1. The summed E-state index contributed by atoms with van der Waals surface area (Å²) in [5.74, 6) is 2.56. The third kappa shape index (κ3) is 3.28. The fourth-order valence-electron chi connectivity index (χ4n) is 1.71. The Morgan fingerprint density at radius 3 is 2.75 bits per heavy atom. The molecule has 0 aliphatic carbocycles. The quantitative estimate of drug-likeness (QED) is 0.528. The molecule has 20 heavy (non-hydrogen) atoms. The van der Waals surface area contributed by atoms with E-state index in [1.807, 2.05) is 24.3 Å². The van der Waals surface area contributed by atoms with Crippen LogP contribution in [0.25, 0.3) is 0 Å². The van der Waals surface area contributed by atoms with Crippen LogP contribution in [0.4, 0.5) is 11.4 Å². The van der Waals surface area contributed by atoms with E-state index in [9.17, 15) is 10.1 Å². The zero-order chi connectivity index (χ0) is 14.5. The van der Waals surface area contributed by atoms with Gasteiger partial charge in [-0.2, -0.15) is 0 Å². The predicted molar refractivity (Wildman–Crippen MR) is 79.8 cm³/mol. The molecule has 0 atom stereocenters. The topological polar surface area (TPSA) is 55.2 Å². The molecule has 2 aromatic carbocycles. The van der Waals surface area contributed by atoms with E-state index in [2.05, 4.69) is 11.2 Å². The van der Waals surface area contributed by atoms with Crippen LogP contribution in [0.2, 0.25) is 5.02 Å². The molecular formula is C15H11ClN2O2. The molecule has 0 fully saturated rings. The van der Waals surface area contributed by atoms with E-state index in [0.29, 0.717) is 11.6 Å². The van der Waals surface area contributed by atoms with Crippen molar-refractivity contribution < 1.29 is 4.92 Å². The summed E-state index contributed by atoms with van der Waals surface area (Å²) < 4.78 is 0. The number of hydrogen-bond acceptors (Lipinski definition) is 3. The first kappa shape index (κ1) is 13.9. The molecule has 0 aliphatic rings. The molecule has 0 saturated heterocycles. The minimum Gasteiger partial charge on any atom is -0.381 e. The van der Waals surface area contributed by atoms with Gasteiger partial charge in [-0.3, -0.25) is 10.1 Å². The minimum atomic E-state index is -0.473. The van der Waals surface area contributed by atoms with Gasteiger partial charge in [-0.1, -0.05) is 23.6 Å². The number of rotatable bonds is 4. The lowest BCUT2D eigenvalue weighted by Gasteiger charge is -2.08. The Morgan fingerprint density at radius 1 is 1.30 bits per heavy atom. The number of nitro benzene ring substituents is 1. The van der Waals surface area contributed by atoms with E-state index >= 15 is 0 Å². The average Bonchev–Trinajstić information content (AvgIpc) is 2.46. The first-order valence-electron chi connectivity index (χ1n) is 5.83. The summed E-state index contributed by atoms with van der Waals surface area (Å²) in [4.78, 5) is 10.2. The normalized spacial score (nSPS) is 9.80. The molecule has 0 aliphatic heterocycles. The van der Waals surface area contributed by atoms with Crippen LogP contribution in [0.5, 0.6) is 0 Å². The Bertz CT molecular complexity index is 693. The van der Waals surface area contributed by atoms with Gasteiger partial charge in [-0.15, -0.1) is 6.42 Å². The van der Waals surface area contributed by atoms with Crippen molar-refractivity contribution in [1.29, 1.82) is 0 Å². The molecule has 0 heterocycles. The zero-order valence-corrected chi connectivity index (χ0v) is 11.2. The van der Waals surface area contributed by atoms with Gasteiger partial charge in [-0.05, 0) is 29.8 Å². The van der Waals surface area contributed by atoms with Crippen LogP contribution in [-0.4, -0.2) is 4.92 Å². The van der Waals surface area contributed by atoms with Gasteiger partial charge in [0.15, 0.2) is 0 Å². The van der Waals surface area contributed by atoms with Gasteiger partial charge in [0.2, 0.25) is 0 Å². The Morgan fingerprint density at radius 2 is 2.10 bits per heavy atom. The van der Waals surface area contributed by atoms with Gasteiger partial charge >= 0.3 is 0 Å². The number of anilines is 1. The predicted octanol–water partition coefficient (Wildman–Crippen LogP) is 3.84. The van der Waals surface area contributed by atoms with Crippen molar-refractivity contribution in [2.45, 2.75) is 6.54 Å². The minimum absolute atomic E-state index is 0.0203. The van der Waals surface area contributed by atoms with E-state index in [4.69, 9.17) is 18.0 Å². The molecule has 0 unspecified atom stereocenters. The summed E-state index contributed by atoms with van der Waals surface area (Å²) in [6.45, 7) is 0.463. The third-order valence-electron chi connectivity index (χ3n) is 2.76. The standard InChI is InChI=1S/C15H11ClN2O2/c1-2-11-4-3-5-13(8-11)17-10-12-6-7-14(18(19)20)9-15(12)16/h1,3-9,17H,10H2. The second-order valence-electron chi connectivity index (χ2n) is 4.11. The molecule has 100 valence electrons. The first-order chi connectivity index (χ1) is 9.60. The van der Waals surface area contributed by atoms with Crippen molar-refractivity contribution in [3.8, 4) is 12.3 Å². The van der Waals surface area contributed by atoms with E-state index in [0.717, 1.165) is 16.8 Å². The maximum absolute atomic E-state index is 10.6. The largest absolute Gasteiger partial charge is 0.381 e. The second-order valence-corrected chi connectivity index (χ2v) is 4.52. The number of halogens is 1. The summed E-state index contributed by atoms with van der Waals surface area (Å²) in [5, 5.41) is 14.2. The molecule has 2 rings (SSSR count). The van der Waals surface area contributed by atoms with Crippen molar-refractivity contribution in [3.05, 3.63) is 68.7 Å². The molecule has 0 aromatic heterocycles. The Balaban J connectivity index is 2.11. The van der Waals surface area contributed by atoms with Crippen molar-refractivity contribution in [2.75, 3.05) is 5.32 Å². The lowest BCUT2D eigenvalue weighted by atomic mass is 10.2. The highest BCUT2D eigenvalue weighted by Gasteiger charge is 2.09. The van der Waals surface area contributed by atoms with Crippen molar-refractivity contribution in [2.24, 2.45) is 0 Å². The van der Waals surface area contributed by atoms with Gasteiger partial charge in [-0.25, -0.2) is 0 Å². The maximum atomic E-state index is 10.6. The third-order valence-corrected chi connectivity index (χ3v) is 3.11. The number of terminal acetylenes is 1. The Hall–Kier alpha value is -2.51. The second kappa shape index (κ2) is 6.09. The molecule has 0 saturated carbocycles. The highest BCUT2D eigenvalue weighted by atomic mass is 35.5. The molecule has 0 amide bonds. The average molecular weight is 287 g/mol. The molecule has 0 bridgehead atoms. The molecule has 2 aromatic rings. The summed E-state index contributed by atoms with van der Waals surface area (Å²) in [5.41, 5.74) is 2.41. The molecule has 0 radical (unpaired) electrons. The number of nitrogens with zero attached hydrogens (tertiary/aromatic N) is 1. The SMILES string of the molecule is C#Cc1cccc(NCc2ccc([N+](=O)[O-])cc2Cl)c1. The summed E-state index contributed by atoms with van der Waals surface area (Å²) in [6.07, 6.45) is 5.33. The van der Waals surface area contributed by atoms with E-state index in [-0.39, 0.29) is 5.69 Å². The first-order valence-corrected chi connectivity index (χ1v) is 6.21. The molecule has 5 heteroatoms. The highest BCUT2D eigenvalue weighted by molar-refractivity contribution is 6.31. The van der Waals surface area contributed by atoms with Crippen LogP contribution in [0.1, 0.15) is 11.1 Å². The van der Waals surface area contributed by atoms with Gasteiger partial charge in [0, 0.05) is 29.9 Å². The summed E-state index contributed by atoms with van der Waals surface area (Å²) >= 11 is 6.02. The van der Waals surface area contributed by atoms with Crippen molar-refractivity contribution in [3.63, 3.8) is 0 Å². The molecule has 1 N–H and O–H groups in total. The lowest BCUT2D eigenvalue weighted by Crippen LogP contribution is -2.00. The van der Waals surface area contributed by atoms with Crippen molar-refractivity contribution in [1.82, 2.24) is 0 Å². The Kier molecular flexibility index (Phi) is 4.24. The van der Waals surface area contributed by atoms with Crippen LogP contribution in [0, 0.1) is 22.5 Å². The van der Waals surface area contributed by atoms with Gasteiger partial charge in [0.1, 0.15) is 0 Å². The fraction of sp³-hybridized carbons (Fsp3) is 0.0667. The molecule has 0 spiro atoms. The number of non-ortho nitro benzene ring substituents is 1. The van der Waals surface area contributed by atoms with E-state index < -0.39 is 4.92 Å². The lowest BCUT2D eigenvalue weighted by molar-refractivity contribution is -0.384. The van der Waals surface area contributed by atoms with Gasteiger partial charge in [0.05, 0.1) is 9.95 Å². The number of nitro groups is 1. The Labute approximate surface area is 121 Å². The summed E-state index contributed by atoms with van der Waals surface area (Å²) in [7, 11) is 0. The van der Waals surface area contributed by atoms with Crippen LogP contribution in [-0.2, 0) is 6.54 Å². The monoisotopic (exact) mass is 286 g/mol. The summed E-state index contributed by atoms with van der Waals surface area (Å²) in [6, 6.07) is 11.8. The molecule has 4 nitrogen and oxygen atoms in total. The van der Waals surface area contributed by atoms with E-state index in [1.54, 1.807) is 6.07 Å².